The molecule has 8 aromatic rings. The Morgan fingerprint density at radius 1 is 0.410 bits per heavy atom. The number of nitrogens with zero attached hydrogens (tertiary/aromatic N) is 1. The van der Waals surface area contributed by atoms with Crippen LogP contribution in [-0.2, 0) is 23.6 Å². The van der Waals surface area contributed by atoms with Crippen molar-refractivity contribution in [1.82, 2.24) is 0 Å². The molecular weight excluding hydrogens is 965 g/mol. The van der Waals surface area contributed by atoms with Crippen LogP contribution in [0, 0.1) is 0 Å². The van der Waals surface area contributed by atoms with Crippen LogP contribution in [0.1, 0.15) is 5.56 Å². The van der Waals surface area contributed by atoms with E-state index in [-0.39, 0.29) is 0 Å². The average Bonchev–Trinajstić information content (AvgIpc) is 3.32. The summed E-state index contributed by atoms with van der Waals surface area (Å²) in [6.07, 6.45) is 0. The molecule has 0 aliphatic carbocycles. The topological polar surface area (TPSA) is 3.24 Å². The molecule has 1 heterocycles. The predicted octanol–water partition coefficient (Wildman–Crippen LogP) is 13.9. The zero-order valence-electron chi connectivity index (χ0n) is 32.8. The van der Waals surface area contributed by atoms with Crippen molar-refractivity contribution in [3.63, 3.8) is 0 Å². The second-order valence-corrected chi connectivity index (χ2v) is 38.4. The van der Waals surface area contributed by atoms with Gasteiger partial charge in [0.1, 0.15) is 0 Å². The monoisotopic (exact) mass is 1000 g/mol. The zero-order chi connectivity index (χ0) is 42.2. The van der Waals surface area contributed by atoms with E-state index in [1.54, 1.807) is 0 Å². The predicted molar refractivity (Wildman–Crippen MR) is 287 cm³/mol. The molecular formula is C51H40BrCl2NP4S2. The Morgan fingerprint density at radius 3 is 1.05 bits per heavy atom. The molecule has 1 aliphatic rings. The van der Waals surface area contributed by atoms with Crippen molar-refractivity contribution in [1.29, 1.82) is 0 Å². The number of hydrogen-bond acceptors (Lipinski definition) is 2. The number of halogens is 3. The second-order valence-electron chi connectivity index (χ2n) is 14.7. The maximum atomic E-state index is 8.72. The average molecular weight is 1010 g/mol. The van der Waals surface area contributed by atoms with Gasteiger partial charge in [-0.3, -0.25) is 0 Å². The summed E-state index contributed by atoms with van der Waals surface area (Å²) in [7, 11) is 0. The van der Waals surface area contributed by atoms with Crippen molar-refractivity contribution < 1.29 is 0 Å². The molecule has 1 aliphatic heterocycles. The van der Waals surface area contributed by atoms with Crippen molar-refractivity contribution in [3.8, 4) is 0 Å². The third-order valence-electron chi connectivity index (χ3n) is 11.4. The third-order valence-corrected chi connectivity index (χ3v) is 41.1. The molecule has 2 unspecified atom stereocenters. The van der Waals surface area contributed by atoms with E-state index in [4.69, 9.17) is 61.6 Å². The Bertz CT molecular complexity index is 2820. The van der Waals surface area contributed by atoms with Crippen LogP contribution in [0.5, 0.6) is 0 Å². The third kappa shape index (κ3) is 6.82. The van der Waals surface area contributed by atoms with E-state index in [1.165, 1.54) is 0 Å². The normalized spacial score (nSPS) is 18.9. The van der Waals surface area contributed by atoms with Gasteiger partial charge in [0.25, 0.3) is 0 Å². The van der Waals surface area contributed by atoms with E-state index in [2.05, 4.69) is 229 Å². The molecule has 8 aromatic carbocycles. The molecule has 0 aromatic heterocycles. The van der Waals surface area contributed by atoms with Crippen LogP contribution in [-0.4, -0.2) is 5.03 Å². The molecule has 1 nitrogen and oxygen atoms in total. The van der Waals surface area contributed by atoms with Crippen LogP contribution in [0.3, 0.4) is 0 Å². The van der Waals surface area contributed by atoms with E-state index < -0.39 is 23.3 Å². The molecule has 2 atom stereocenters. The summed E-state index contributed by atoms with van der Waals surface area (Å²) in [5.74, 6) is 0. The van der Waals surface area contributed by atoms with Crippen LogP contribution in [0.15, 0.2) is 248 Å². The Labute approximate surface area is 387 Å². The Kier molecular flexibility index (Phi) is 12.0. The van der Waals surface area contributed by atoms with Crippen LogP contribution < -0.4 is 36.3 Å². The number of allylic oxidation sites excluding steroid dienone is 1. The summed E-state index contributed by atoms with van der Waals surface area (Å²) in [5.41, 5.74) is -4.42. The molecule has 0 amide bonds. The molecule has 0 bridgehead atoms. The maximum absolute atomic E-state index is 8.72. The van der Waals surface area contributed by atoms with Gasteiger partial charge in [-0.05, 0) is 0 Å². The molecule has 0 radical (unpaired) electrons. The first-order valence-electron chi connectivity index (χ1n) is 19.8. The number of anilines is 1. The van der Waals surface area contributed by atoms with Crippen molar-refractivity contribution in [2.24, 2.45) is 0 Å². The van der Waals surface area contributed by atoms with Gasteiger partial charge >= 0.3 is 391 Å². The fourth-order valence-electron chi connectivity index (χ4n) is 8.93. The summed E-state index contributed by atoms with van der Waals surface area (Å²) in [5, 5.41) is 4.30. The van der Waals surface area contributed by atoms with Crippen molar-refractivity contribution in [2.45, 2.75) is 0 Å². The van der Waals surface area contributed by atoms with Crippen LogP contribution in [0.2, 0.25) is 0 Å². The van der Waals surface area contributed by atoms with Crippen LogP contribution in [0.25, 0.3) is 5.57 Å². The van der Waals surface area contributed by atoms with Crippen molar-refractivity contribution in [3.05, 3.63) is 253 Å². The quantitative estimate of drug-likeness (QED) is 0.133. The van der Waals surface area contributed by atoms with Gasteiger partial charge in [0.05, 0.1) is 0 Å². The number of rotatable bonds is 9. The zero-order valence-corrected chi connectivity index (χ0v) is 41.1. The molecule has 0 saturated heterocycles. The molecule has 61 heavy (non-hydrogen) atoms. The second kappa shape index (κ2) is 17.2. The Hall–Kier alpha value is -3.61. The summed E-state index contributed by atoms with van der Waals surface area (Å²) >= 11 is 37.0. The van der Waals surface area contributed by atoms with E-state index in [0.717, 1.165) is 58.7 Å². The first-order chi connectivity index (χ1) is 29.7. The first kappa shape index (κ1) is 42.7. The summed E-state index contributed by atoms with van der Waals surface area (Å²) in [4.78, 5) is 0. The fraction of sp³-hybridized carbons (Fsp3) is 0. The summed E-state index contributed by atoms with van der Waals surface area (Å²) < 4.78 is 2.16. The molecule has 302 valence electrons. The molecule has 0 spiro atoms. The van der Waals surface area contributed by atoms with Gasteiger partial charge in [-0.1, -0.05) is 0 Å². The molecule has 10 heteroatoms. The summed E-state index contributed by atoms with van der Waals surface area (Å²) in [6.45, 7) is -3.05. The molecule has 0 N–H and O–H groups in total. The van der Waals surface area contributed by atoms with Gasteiger partial charge in [0.2, 0.25) is 0 Å². The SMILES string of the molecule is S=P1(Cl)C(P(Br)(c2ccccc2)(c2ccccc2)c2ccccc2)=C(c2ccccc2)C(=P(c2ccccc2)(c2ccccc2)c2ccccc2)P(=S)(Cl)N1c1ccccc1. The fourth-order valence-corrected chi connectivity index (χ4v) is 47.0. The van der Waals surface area contributed by atoms with Crippen molar-refractivity contribution in [2.75, 3.05) is 4.44 Å². The van der Waals surface area contributed by atoms with Gasteiger partial charge < -0.3 is 0 Å². The van der Waals surface area contributed by atoms with E-state index in [0.29, 0.717) is 0 Å². The molecule has 0 saturated carbocycles. The van der Waals surface area contributed by atoms with Gasteiger partial charge in [0, 0.05) is 0 Å². The van der Waals surface area contributed by atoms with E-state index in [1.807, 2.05) is 18.2 Å². The number of para-hydroxylation sites is 1. The number of benzene rings is 8. The number of hydrogen-bond donors (Lipinski definition) is 0. The van der Waals surface area contributed by atoms with E-state index in [9.17, 15) is 0 Å². The standard InChI is InChI=1S/C51H40BrCl2NP4S2/c52-59(46-35-19-6-20-36-46,47-37-21-7-22-38-47,48-39-23-8-24-40-48)51-49(41-25-9-1-10-26-41)50(57(53,60)55(58(51,54)61)42-27-11-2-12-28-42)56(43-29-13-3-14-30-43,44-31-15-4-16-32-44)45-33-17-5-18-34-45/h1-40H. The Balaban J connectivity index is 1.73. The van der Waals surface area contributed by atoms with Crippen LogP contribution >= 0.6 is 61.2 Å². The molecule has 0 fully saturated rings. The first-order valence-corrected chi connectivity index (χ1v) is 33.1. The van der Waals surface area contributed by atoms with E-state index >= 15 is 0 Å². The van der Waals surface area contributed by atoms with Gasteiger partial charge in [-0.15, -0.1) is 0 Å². The van der Waals surface area contributed by atoms with Gasteiger partial charge in [-0.25, -0.2) is 0 Å². The van der Waals surface area contributed by atoms with Gasteiger partial charge in [0.15, 0.2) is 0 Å². The van der Waals surface area contributed by atoms with Crippen molar-refractivity contribution >= 4 is 133 Å². The Morgan fingerprint density at radius 2 is 0.705 bits per heavy atom. The summed E-state index contributed by atoms with van der Waals surface area (Å²) in [6, 6.07) is 85.8. The minimum absolute atomic E-state index is 0.806. The van der Waals surface area contributed by atoms with Crippen LogP contribution in [0.4, 0.5) is 5.69 Å². The van der Waals surface area contributed by atoms with Gasteiger partial charge in [-0.2, -0.15) is 0 Å². The molecule has 9 rings (SSSR count). The minimum atomic E-state index is -4.25.